The molecule has 0 atom stereocenters. The SMILES string of the molecule is CCN(CCC(N)=NO)S(=O)(=O)c1ccnn1C. The molecule has 0 aromatic carbocycles. The highest BCUT2D eigenvalue weighted by Gasteiger charge is 2.25. The largest absolute Gasteiger partial charge is 0.409 e. The Morgan fingerprint density at radius 3 is 2.78 bits per heavy atom. The molecule has 0 amide bonds. The van der Waals surface area contributed by atoms with Gasteiger partial charge in [0.25, 0.3) is 10.0 Å². The zero-order valence-corrected chi connectivity index (χ0v) is 11.1. The molecule has 3 N–H and O–H groups in total. The fourth-order valence-electron chi connectivity index (χ4n) is 1.48. The van der Waals surface area contributed by atoms with E-state index < -0.39 is 10.0 Å². The Hall–Kier alpha value is -1.61. The summed E-state index contributed by atoms with van der Waals surface area (Å²) in [6.07, 6.45) is 1.59. The molecule has 0 aliphatic heterocycles. The zero-order valence-electron chi connectivity index (χ0n) is 10.3. The second-order valence-corrected chi connectivity index (χ2v) is 5.52. The first-order valence-corrected chi connectivity index (χ1v) is 6.82. The Balaban J connectivity index is 2.91. The molecule has 0 bridgehead atoms. The van der Waals surface area contributed by atoms with Crippen LogP contribution < -0.4 is 5.73 Å². The lowest BCUT2D eigenvalue weighted by Crippen LogP contribution is -2.35. The molecular weight excluding hydrogens is 258 g/mol. The van der Waals surface area contributed by atoms with Crippen molar-refractivity contribution in [2.75, 3.05) is 13.1 Å². The number of aryl methyl sites for hydroxylation is 1. The fourth-order valence-corrected chi connectivity index (χ4v) is 3.03. The molecule has 0 aliphatic rings. The predicted octanol–water partition coefficient (Wildman–Crippen LogP) is -0.433. The number of nitrogens with zero attached hydrogens (tertiary/aromatic N) is 4. The van der Waals surface area contributed by atoms with Gasteiger partial charge in [-0.2, -0.15) is 9.40 Å². The molecule has 0 fully saturated rings. The lowest BCUT2D eigenvalue weighted by Gasteiger charge is -2.19. The van der Waals surface area contributed by atoms with Crippen molar-refractivity contribution in [2.45, 2.75) is 18.4 Å². The van der Waals surface area contributed by atoms with Crippen LogP contribution >= 0.6 is 0 Å². The van der Waals surface area contributed by atoms with Gasteiger partial charge in [-0.15, -0.1) is 0 Å². The van der Waals surface area contributed by atoms with E-state index in [-0.39, 0.29) is 23.8 Å². The number of nitrogens with two attached hydrogens (primary N) is 1. The lowest BCUT2D eigenvalue weighted by atomic mass is 10.4. The van der Waals surface area contributed by atoms with Gasteiger partial charge in [0, 0.05) is 26.6 Å². The van der Waals surface area contributed by atoms with Gasteiger partial charge in [0.2, 0.25) is 0 Å². The first-order valence-electron chi connectivity index (χ1n) is 5.38. The van der Waals surface area contributed by atoms with Crippen LogP contribution in [0.15, 0.2) is 22.4 Å². The molecule has 1 aromatic heterocycles. The molecule has 8 nitrogen and oxygen atoms in total. The van der Waals surface area contributed by atoms with Crippen molar-refractivity contribution in [1.82, 2.24) is 14.1 Å². The normalized spacial score (nSPS) is 13.2. The van der Waals surface area contributed by atoms with E-state index in [0.717, 1.165) is 0 Å². The summed E-state index contributed by atoms with van der Waals surface area (Å²) < 4.78 is 27.1. The maximum atomic E-state index is 12.3. The van der Waals surface area contributed by atoms with Crippen LogP contribution in [0.25, 0.3) is 0 Å². The Bertz CT molecular complexity index is 522. The van der Waals surface area contributed by atoms with Crippen LogP contribution in [0, 0.1) is 0 Å². The Morgan fingerprint density at radius 1 is 1.67 bits per heavy atom. The average Bonchev–Trinajstić information content (AvgIpc) is 2.76. The van der Waals surface area contributed by atoms with Gasteiger partial charge < -0.3 is 10.9 Å². The topological polar surface area (TPSA) is 114 Å². The third kappa shape index (κ3) is 2.99. The third-order valence-corrected chi connectivity index (χ3v) is 4.53. The van der Waals surface area contributed by atoms with E-state index in [1.54, 1.807) is 14.0 Å². The zero-order chi connectivity index (χ0) is 13.8. The van der Waals surface area contributed by atoms with E-state index in [2.05, 4.69) is 10.3 Å². The van der Waals surface area contributed by atoms with Crippen molar-refractivity contribution in [1.29, 1.82) is 0 Å². The number of hydrogen-bond acceptors (Lipinski definition) is 5. The highest BCUT2D eigenvalue weighted by Crippen LogP contribution is 2.14. The van der Waals surface area contributed by atoms with E-state index in [0.29, 0.717) is 6.54 Å². The van der Waals surface area contributed by atoms with Gasteiger partial charge in [0.15, 0.2) is 5.03 Å². The molecule has 0 saturated heterocycles. The number of aromatic nitrogens is 2. The predicted molar refractivity (Wildman–Crippen MR) is 65.7 cm³/mol. The summed E-state index contributed by atoms with van der Waals surface area (Å²) in [5.74, 6) is -0.00587. The van der Waals surface area contributed by atoms with Crippen molar-refractivity contribution in [2.24, 2.45) is 17.9 Å². The molecule has 0 radical (unpaired) electrons. The summed E-state index contributed by atoms with van der Waals surface area (Å²) in [4.78, 5) is 0. The van der Waals surface area contributed by atoms with Gasteiger partial charge in [0.05, 0.1) is 6.20 Å². The van der Waals surface area contributed by atoms with Crippen LogP contribution in [0.5, 0.6) is 0 Å². The monoisotopic (exact) mass is 275 g/mol. The number of amidine groups is 1. The van der Waals surface area contributed by atoms with Gasteiger partial charge in [0.1, 0.15) is 5.84 Å². The van der Waals surface area contributed by atoms with Crippen molar-refractivity contribution >= 4 is 15.9 Å². The molecular formula is C9H17N5O3S. The molecule has 9 heteroatoms. The van der Waals surface area contributed by atoms with Gasteiger partial charge in [-0.3, -0.25) is 4.68 Å². The van der Waals surface area contributed by atoms with Gasteiger partial charge >= 0.3 is 0 Å². The summed E-state index contributed by atoms with van der Waals surface area (Å²) in [6.45, 7) is 2.17. The number of hydrogen-bond donors (Lipinski definition) is 2. The van der Waals surface area contributed by atoms with Crippen molar-refractivity contribution < 1.29 is 13.6 Å². The molecule has 0 saturated carbocycles. The molecule has 18 heavy (non-hydrogen) atoms. The van der Waals surface area contributed by atoms with Crippen LogP contribution in [-0.4, -0.2) is 46.6 Å². The Morgan fingerprint density at radius 2 is 2.33 bits per heavy atom. The molecule has 1 heterocycles. The van der Waals surface area contributed by atoms with Crippen LogP contribution in [0.4, 0.5) is 0 Å². The van der Waals surface area contributed by atoms with E-state index in [1.165, 1.54) is 21.3 Å². The Labute approximate surface area is 106 Å². The van der Waals surface area contributed by atoms with Crippen LogP contribution in [-0.2, 0) is 17.1 Å². The second-order valence-electron chi connectivity index (χ2n) is 3.63. The standard InChI is InChI=1S/C9H17N5O3S/c1-3-14(7-5-8(10)12-15)18(16,17)9-4-6-11-13(9)2/h4,6,15H,3,5,7H2,1-2H3,(H2,10,12). The summed E-state index contributed by atoms with van der Waals surface area (Å²) in [5.41, 5.74) is 5.33. The minimum atomic E-state index is -3.60. The van der Waals surface area contributed by atoms with Crippen LogP contribution in [0.2, 0.25) is 0 Å². The summed E-state index contributed by atoms with van der Waals surface area (Å²) >= 11 is 0. The third-order valence-electron chi connectivity index (χ3n) is 2.48. The van der Waals surface area contributed by atoms with Crippen LogP contribution in [0.3, 0.4) is 0 Å². The van der Waals surface area contributed by atoms with Crippen LogP contribution in [0.1, 0.15) is 13.3 Å². The van der Waals surface area contributed by atoms with E-state index in [9.17, 15) is 8.42 Å². The number of oxime groups is 1. The average molecular weight is 275 g/mol. The highest BCUT2D eigenvalue weighted by molar-refractivity contribution is 7.89. The van der Waals surface area contributed by atoms with Crippen molar-refractivity contribution in [3.05, 3.63) is 12.3 Å². The van der Waals surface area contributed by atoms with Crippen molar-refractivity contribution in [3.8, 4) is 0 Å². The first kappa shape index (κ1) is 14.5. The van der Waals surface area contributed by atoms with Crippen molar-refractivity contribution in [3.63, 3.8) is 0 Å². The smallest absolute Gasteiger partial charge is 0.260 e. The maximum absolute atomic E-state index is 12.3. The molecule has 1 aromatic rings. The Kier molecular flexibility index (Phi) is 4.68. The van der Waals surface area contributed by atoms with Gasteiger partial charge in [-0.25, -0.2) is 8.42 Å². The lowest BCUT2D eigenvalue weighted by molar-refractivity contribution is 0.315. The summed E-state index contributed by atoms with van der Waals surface area (Å²) in [7, 11) is -2.04. The van der Waals surface area contributed by atoms with E-state index in [4.69, 9.17) is 10.9 Å². The first-order chi connectivity index (χ1) is 8.43. The molecule has 0 unspecified atom stereocenters. The van der Waals surface area contributed by atoms with E-state index >= 15 is 0 Å². The summed E-state index contributed by atoms with van der Waals surface area (Å²) in [5, 5.41) is 15.2. The minimum absolute atomic E-state index is 0.00587. The van der Waals surface area contributed by atoms with Gasteiger partial charge in [-0.05, 0) is 6.07 Å². The second kappa shape index (κ2) is 5.83. The maximum Gasteiger partial charge on any atom is 0.260 e. The quantitative estimate of drug-likeness (QED) is 0.316. The molecule has 1 rings (SSSR count). The summed E-state index contributed by atoms with van der Waals surface area (Å²) in [6, 6.07) is 1.43. The molecule has 102 valence electrons. The minimum Gasteiger partial charge on any atom is -0.409 e. The van der Waals surface area contributed by atoms with Gasteiger partial charge in [-0.1, -0.05) is 12.1 Å². The van der Waals surface area contributed by atoms with E-state index in [1.807, 2.05) is 0 Å². The number of rotatable bonds is 6. The fraction of sp³-hybridized carbons (Fsp3) is 0.556. The number of sulfonamides is 1. The molecule has 0 aliphatic carbocycles. The highest BCUT2D eigenvalue weighted by atomic mass is 32.2. The molecule has 0 spiro atoms.